The zero-order valence-corrected chi connectivity index (χ0v) is 19.8. The van der Waals surface area contributed by atoms with E-state index < -0.39 is 27.0 Å². The van der Waals surface area contributed by atoms with Gasteiger partial charge in [-0.15, -0.1) is 0 Å². The number of hydrogen-bond acceptors (Lipinski definition) is 8. The zero-order chi connectivity index (χ0) is 22.9. The van der Waals surface area contributed by atoms with Gasteiger partial charge in [0.15, 0.2) is 0 Å². The monoisotopic (exact) mass is 480 g/mol. The molecular weight excluding hydrogens is 442 g/mol. The number of aliphatic hydroxyl groups excluding tert-OH is 1. The minimum Gasteiger partial charge on any atom is -0.388 e. The van der Waals surface area contributed by atoms with Gasteiger partial charge in [-0.25, -0.2) is 10.2 Å². The number of aliphatic hydroxyl groups is 1. The van der Waals surface area contributed by atoms with E-state index in [1.165, 1.54) is 7.05 Å². The molecule has 0 heterocycles. The van der Waals surface area contributed by atoms with E-state index in [1.807, 2.05) is 0 Å². The number of hydrogen-bond donors (Lipinski definition) is 5. The van der Waals surface area contributed by atoms with E-state index in [1.54, 1.807) is 13.8 Å². The van der Waals surface area contributed by atoms with Crippen LogP contribution in [0.5, 0.6) is 0 Å². The molecule has 0 radical (unpaired) electrons. The molecule has 0 aromatic carbocycles. The Bertz CT molecular complexity index is 512. The highest BCUT2D eigenvalue weighted by Gasteiger charge is 2.25. The van der Waals surface area contributed by atoms with Gasteiger partial charge in [-0.3, -0.25) is 9.13 Å². The topological polar surface area (TPSA) is 165 Å². The molecule has 0 aliphatic heterocycles. The molecule has 5 N–H and O–H groups in total. The second-order valence-electron chi connectivity index (χ2n) is 6.58. The lowest BCUT2D eigenvalue weighted by Gasteiger charge is -2.18. The van der Waals surface area contributed by atoms with Crippen LogP contribution in [0.3, 0.4) is 0 Å². The largest absolute Gasteiger partial charge is 0.388 e. The van der Waals surface area contributed by atoms with Crippen molar-refractivity contribution in [1.82, 2.24) is 10.2 Å². The maximum Gasteiger partial charge on any atom is 0.337 e. The van der Waals surface area contributed by atoms with Crippen LogP contribution in [0.2, 0.25) is 0 Å². The first-order valence-electron chi connectivity index (χ1n) is 9.83. The van der Waals surface area contributed by atoms with Crippen LogP contribution in [-0.4, -0.2) is 99.7 Å². The molecule has 0 spiro atoms. The molecule has 12 nitrogen and oxygen atoms in total. The van der Waals surface area contributed by atoms with Crippen LogP contribution in [0, 0.1) is 0 Å². The van der Waals surface area contributed by atoms with Crippen molar-refractivity contribution in [2.45, 2.75) is 32.0 Å². The van der Waals surface area contributed by atoms with Gasteiger partial charge in [0.1, 0.15) is 6.10 Å². The van der Waals surface area contributed by atoms with Crippen molar-refractivity contribution < 1.29 is 47.5 Å². The van der Waals surface area contributed by atoms with Gasteiger partial charge in [-0.1, -0.05) is 13.8 Å². The number of nitrogens with one attached hydrogen (secondary N) is 2. The maximum absolute atomic E-state index is 11.6. The standard InChI is InChI=1S/C16H38N2O10P2/c1-15(2)29(20,21)28-14-16(19)13-27-12-11-26-10-9-25-8-7-24-6-4-5-18-30(22,23)17-3/h15-16,19H,4-14H2,1-3H3,(H,20,21)(H3,17,18,22,23). The maximum atomic E-state index is 11.6. The summed E-state index contributed by atoms with van der Waals surface area (Å²) < 4.78 is 48.8. The molecule has 0 amide bonds. The Morgan fingerprint density at radius 1 is 0.833 bits per heavy atom. The van der Waals surface area contributed by atoms with E-state index in [-0.39, 0.29) is 19.8 Å². The molecule has 0 aliphatic carbocycles. The minimum absolute atomic E-state index is 0.0182. The molecule has 0 aliphatic rings. The average molecular weight is 480 g/mol. The molecule has 14 heteroatoms. The Hall–Kier alpha value is 0.0600. The Balaban J connectivity index is 3.33. The van der Waals surface area contributed by atoms with E-state index in [0.29, 0.717) is 52.6 Å². The van der Waals surface area contributed by atoms with Crippen LogP contribution in [0.4, 0.5) is 0 Å². The first-order chi connectivity index (χ1) is 14.1. The lowest BCUT2D eigenvalue weighted by atomic mass is 10.4. The third-order valence-corrected chi connectivity index (χ3v) is 6.71. The first kappa shape index (κ1) is 30.1. The van der Waals surface area contributed by atoms with Gasteiger partial charge in [0.05, 0.1) is 58.5 Å². The van der Waals surface area contributed by atoms with Crippen molar-refractivity contribution in [1.29, 1.82) is 0 Å². The molecule has 0 rings (SSSR count). The number of rotatable bonds is 21. The van der Waals surface area contributed by atoms with Crippen molar-refractivity contribution in [3.63, 3.8) is 0 Å². The minimum atomic E-state index is -3.69. The van der Waals surface area contributed by atoms with Crippen molar-refractivity contribution in [3.8, 4) is 0 Å². The summed E-state index contributed by atoms with van der Waals surface area (Å²) in [5.41, 5.74) is -0.526. The van der Waals surface area contributed by atoms with Gasteiger partial charge >= 0.3 is 15.3 Å². The van der Waals surface area contributed by atoms with Crippen molar-refractivity contribution in [3.05, 3.63) is 0 Å². The van der Waals surface area contributed by atoms with Gasteiger partial charge < -0.3 is 38.4 Å². The third-order valence-electron chi connectivity index (χ3n) is 3.63. The summed E-state index contributed by atoms with van der Waals surface area (Å²) in [4.78, 5) is 18.7. The van der Waals surface area contributed by atoms with Crippen molar-refractivity contribution in [2.75, 3.05) is 73.1 Å². The van der Waals surface area contributed by atoms with E-state index in [2.05, 4.69) is 10.2 Å². The van der Waals surface area contributed by atoms with Crippen LogP contribution in [0.25, 0.3) is 0 Å². The van der Waals surface area contributed by atoms with Gasteiger partial charge in [0.25, 0.3) is 0 Å². The van der Waals surface area contributed by atoms with E-state index in [4.69, 9.17) is 23.5 Å². The average Bonchev–Trinajstić information content (AvgIpc) is 2.69. The summed E-state index contributed by atoms with van der Waals surface area (Å²) >= 11 is 0. The fraction of sp³-hybridized carbons (Fsp3) is 1.00. The number of ether oxygens (including phenoxy) is 4. The Morgan fingerprint density at radius 2 is 1.33 bits per heavy atom. The summed E-state index contributed by atoms with van der Waals surface area (Å²) in [5, 5.41) is 14.4. The van der Waals surface area contributed by atoms with E-state index in [9.17, 15) is 24.0 Å². The predicted molar refractivity (Wildman–Crippen MR) is 112 cm³/mol. The van der Waals surface area contributed by atoms with Crippen LogP contribution < -0.4 is 10.2 Å². The lowest BCUT2D eigenvalue weighted by molar-refractivity contribution is -0.0251. The highest BCUT2D eigenvalue weighted by atomic mass is 31.2. The second kappa shape index (κ2) is 17.6. The molecule has 30 heavy (non-hydrogen) atoms. The fourth-order valence-electron chi connectivity index (χ4n) is 1.75. The summed E-state index contributed by atoms with van der Waals surface area (Å²) in [6.45, 7) is 5.90. The van der Waals surface area contributed by atoms with Crippen molar-refractivity contribution in [2.24, 2.45) is 0 Å². The molecule has 0 saturated heterocycles. The predicted octanol–water partition coefficient (Wildman–Crippen LogP) is 0.324. The molecule has 0 saturated carbocycles. The van der Waals surface area contributed by atoms with E-state index >= 15 is 0 Å². The third kappa shape index (κ3) is 17.7. The Kier molecular flexibility index (Phi) is 17.6. The zero-order valence-electron chi connectivity index (χ0n) is 18.0. The highest BCUT2D eigenvalue weighted by molar-refractivity contribution is 7.53. The van der Waals surface area contributed by atoms with Crippen LogP contribution in [0.1, 0.15) is 20.3 Å². The SMILES string of the molecule is CNP(=O)(O)NCCCOCCOCCOCCOCC(O)COP(=O)(O)C(C)C. The molecule has 0 fully saturated rings. The molecular formula is C16H38N2O10P2. The van der Waals surface area contributed by atoms with Gasteiger partial charge in [-0.05, 0) is 13.5 Å². The van der Waals surface area contributed by atoms with Gasteiger partial charge in [0.2, 0.25) is 0 Å². The van der Waals surface area contributed by atoms with Gasteiger partial charge in [0, 0.05) is 13.2 Å². The summed E-state index contributed by atoms with van der Waals surface area (Å²) in [6.07, 6.45) is -0.382. The van der Waals surface area contributed by atoms with Crippen molar-refractivity contribution >= 4 is 15.3 Å². The lowest BCUT2D eigenvalue weighted by Crippen LogP contribution is -2.23. The summed E-state index contributed by atoms with van der Waals surface area (Å²) in [5.74, 6) is 0. The first-order valence-corrected chi connectivity index (χ1v) is 13.1. The molecule has 0 bridgehead atoms. The summed E-state index contributed by atoms with van der Waals surface area (Å²) in [7, 11) is -5.69. The normalized spacial score (nSPS) is 17.0. The molecule has 3 atom stereocenters. The quantitative estimate of drug-likeness (QED) is 0.113. The van der Waals surface area contributed by atoms with Crippen LogP contribution in [0.15, 0.2) is 0 Å². The molecule has 0 aromatic heterocycles. The van der Waals surface area contributed by atoms with Crippen LogP contribution in [-0.2, 0) is 32.6 Å². The second-order valence-corrected chi connectivity index (χ2v) is 10.9. The molecule has 3 unspecified atom stereocenters. The molecule has 0 aromatic rings. The molecule has 182 valence electrons. The van der Waals surface area contributed by atoms with Crippen LogP contribution >= 0.6 is 15.3 Å². The van der Waals surface area contributed by atoms with E-state index in [0.717, 1.165) is 0 Å². The Labute approximate surface area is 178 Å². The highest BCUT2D eigenvalue weighted by Crippen LogP contribution is 2.46. The summed E-state index contributed by atoms with van der Waals surface area (Å²) in [6, 6.07) is 0. The fourth-order valence-corrected chi connectivity index (χ4v) is 3.06. The smallest absolute Gasteiger partial charge is 0.337 e. The van der Waals surface area contributed by atoms with Gasteiger partial charge in [-0.2, -0.15) is 0 Å². The Morgan fingerprint density at radius 3 is 1.83 bits per heavy atom.